The largest absolute Gasteiger partial charge is 0.416 e. The van der Waals surface area contributed by atoms with Crippen LogP contribution in [-0.4, -0.2) is 11.1 Å². The van der Waals surface area contributed by atoms with E-state index in [4.69, 9.17) is 0 Å². The minimum atomic E-state index is -6.13. The number of benzene rings is 5. The first-order chi connectivity index (χ1) is 34.7. The first-order valence-electron chi connectivity index (χ1n) is 21.9. The summed E-state index contributed by atoms with van der Waals surface area (Å²) in [6, 6.07) is 1.79. The van der Waals surface area contributed by atoms with Crippen LogP contribution in [0.3, 0.4) is 0 Å². The summed E-state index contributed by atoms with van der Waals surface area (Å²) in [5.74, 6) is 0.678. The first kappa shape index (κ1) is 58.8. The summed E-state index contributed by atoms with van der Waals surface area (Å²) < 4.78 is 343. The minimum absolute atomic E-state index is 0.678. The Kier molecular flexibility index (Phi) is 16.1. The molecule has 1 aromatic heterocycles. The van der Waals surface area contributed by atoms with Crippen molar-refractivity contribution in [1.82, 2.24) is 4.98 Å². The van der Waals surface area contributed by atoms with Crippen molar-refractivity contribution in [3.05, 3.63) is 177 Å². The highest BCUT2D eigenvalue weighted by atomic mass is 19.4. The van der Waals surface area contributed by atoms with E-state index in [2.05, 4.69) is 52.3 Å². The molecular formula is C49H33BF24N2. The second kappa shape index (κ2) is 20.8. The molecule has 0 bridgehead atoms. The number of nitrogens with zero attached hydrogens (tertiary/aromatic N) is 2. The van der Waals surface area contributed by atoms with Gasteiger partial charge in [0.25, 0.3) is 0 Å². The molecule has 1 heterocycles. The summed E-state index contributed by atoms with van der Waals surface area (Å²) in [5, 5.41) is 0. The highest BCUT2D eigenvalue weighted by Gasteiger charge is 2.47. The van der Waals surface area contributed by atoms with Crippen LogP contribution in [0.15, 0.2) is 122 Å². The van der Waals surface area contributed by atoms with Crippen molar-refractivity contribution in [2.24, 2.45) is 0 Å². The smallest absolute Gasteiger partial charge is 0.249 e. The van der Waals surface area contributed by atoms with Gasteiger partial charge in [-0.1, -0.05) is 98.1 Å². The molecule has 0 atom stereocenters. The fourth-order valence-corrected chi connectivity index (χ4v) is 9.02. The average molecular weight is 1120 g/mol. The van der Waals surface area contributed by atoms with Gasteiger partial charge >= 0.3 is 49.4 Å². The molecule has 0 unspecified atom stereocenters. The fraction of sp³-hybridized carbons (Fsp3) is 0.306. The Bertz CT molecular complexity index is 2550. The van der Waals surface area contributed by atoms with Crippen molar-refractivity contribution in [2.75, 3.05) is 0 Å². The van der Waals surface area contributed by atoms with E-state index in [9.17, 15) is 105 Å². The summed E-state index contributed by atoms with van der Waals surface area (Å²) in [6.45, 7) is 0.934. The topological polar surface area (TPSA) is 16.8 Å². The van der Waals surface area contributed by atoms with Crippen LogP contribution < -0.4 is 26.4 Å². The number of rotatable bonds is 7. The predicted octanol–water partition coefficient (Wildman–Crippen LogP) is 14.7. The van der Waals surface area contributed by atoms with Crippen LogP contribution in [0.2, 0.25) is 0 Å². The van der Waals surface area contributed by atoms with Gasteiger partial charge in [-0.2, -0.15) is 132 Å². The van der Waals surface area contributed by atoms with Crippen LogP contribution in [0.4, 0.5) is 105 Å². The Balaban J connectivity index is 0.000000408. The number of halogens is 24. The molecular weight excluding hydrogens is 1080 g/mol. The van der Waals surface area contributed by atoms with Gasteiger partial charge in [0.2, 0.25) is 0 Å². The van der Waals surface area contributed by atoms with Crippen molar-refractivity contribution in [1.29, 1.82) is 0 Å². The van der Waals surface area contributed by atoms with Gasteiger partial charge in [0.05, 0.1) is 50.7 Å². The Morgan fingerprint density at radius 3 is 0.921 bits per heavy atom. The van der Waals surface area contributed by atoms with Gasteiger partial charge in [-0.15, -0.1) is 0 Å². The third-order valence-electron chi connectivity index (χ3n) is 12.5. The van der Waals surface area contributed by atoms with E-state index in [0.717, 1.165) is 6.54 Å². The van der Waals surface area contributed by atoms with Crippen LogP contribution in [0.25, 0.3) is 0 Å². The van der Waals surface area contributed by atoms with E-state index >= 15 is 0 Å². The lowest BCUT2D eigenvalue weighted by molar-refractivity contribution is -0.689. The molecule has 1 fully saturated rings. The zero-order valence-electron chi connectivity index (χ0n) is 37.9. The van der Waals surface area contributed by atoms with E-state index < -0.39 is 195 Å². The zero-order chi connectivity index (χ0) is 56.8. The van der Waals surface area contributed by atoms with Gasteiger partial charge < -0.3 is 0 Å². The molecule has 0 radical (unpaired) electrons. The maximum Gasteiger partial charge on any atom is 0.416 e. The molecule has 76 heavy (non-hydrogen) atoms. The summed E-state index contributed by atoms with van der Waals surface area (Å²) in [4.78, 5) is 4.58. The predicted molar refractivity (Wildman–Crippen MR) is 226 cm³/mol. The average Bonchev–Trinajstić information content (AvgIpc) is 3.30. The molecule has 0 spiro atoms. The van der Waals surface area contributed by atoms with E-state index in [0.29, 0.717) is 5.92 Å². The lowest BCUT2D eigenvalue weighted by atomic mass is 9.12. The van der Waals surface area contributed by atoms with Gasteiger partial charge in [-0.25, -0.2) is 4.98 Å². The molecule has 5 aromatic carbocycles. The van der Waals surface area contributed by atoms with Crippen molar-refractivity contribution in [2.45, 2.75) is 94.0 Å². The van der Waals surface area contributed by atoms with Gasteiger partial charge in [0, 0.05) is 11.5 Å². The van der Waals surface area contributed by atoms with E-state index in [1.165, 1.54) is 43.4 Å². The molecule has 1 aliphatic carbocycles. The van der Waals surface area contributed by atoms with Crippen molar-refractivity contribution >= 4 is 28.0 Å². The third-order valence-corrected chi connectivity index (χ3v) is 12.5. The summed E-state index contributed by atoms with van der Waals surface area (Å²) in [7, 11) is 0. The minimum Gasteiger partial charge on any atom is -0.249 e. The fourth-order valence-electron chi connectivity index (χ4n) is 9.02. The van der Waals surface area contributed by atoms with Crippen molar-refractivity contribution in [3.63, 3.8) is 0 Å². The van der Waals surface area contributed by atoms with Crippen molar-refractivity contribution < 1.29 is 110 Å². The van der Waals surface area contributed by atoms with Crippen LogP contribution in [0, 0.1) is 0 Å². The Labute approximate surface area is 413 Å². The normalized spacial score (nSPS) is 14.8. The lowest BCUT2D eigenvalue weighted by Gasteiger charge is -2.46. The van der Waals surface area contributed by atoms with E-state index in [1.54, 1.807) is 0 Å². The molecule has 1 saturated carbocycles. The summed E-state index contributed by atoms with van der Waals surface area (Å²) >= 11 is 0. The zero-order valence-corrected chi connectivity index (χ0v) is 37.9. The highest BCUT2D eigenvalue weighted by Crippen LogP contribution is 2.42. The lowest BCUT2D eigenvalue weighted by Crippen LogP contribution is -2.75. The molecule has 0 aliphatic heterocycles. The SMILES string of the molecule is FC(F)(F)c1cc([B-](c2cc(C(F)(F)F)cc(C(F)(F)F)c2)(c2cc(C(F)(F)F)cc(C(F)(F)F)c2)c2cc(C(F)(F)F)cc(C(F)(F)F)c2)cc(C(F)(F)F)c1.c1ccc(C[n+]2ccnc(C3CCCCC3)c2)cc1. The van der Waals surface area contributed by atoms with Gasteiger partial charge in [-0.3, -0.25) is 0 Å². The molecule has 410 valence electrons. The summed E-state index contributed by atoms with van der Waals surface area (Å²) in [5.41, 5.74) is -27.6. The molecule has 0 amide bonds. The molecule has 27 heteroatoms. The van der Waals surface area contributed by atoms with Crippen LogP contribution >= 0.6 is 0 Å². The maximum atomic E-state index is 14.2. The quantitative estimate of drug-likeness (QED) is 0.0884. The number of hydrogen-bond acceptors (Lipinski definition) is 1. The van der Waals surface area contributed by atoms with E-state index in [1.807, 2.05) is 6.20 Å². The van der Waals surface area contributed by atoms with Gasteiger partial charge in [0.15, 0.2) is 18.9 Å². The number of hydrogen-bond donors (Lipinski definition) is 0. The Morgan fingerprint density at radius 2 is 0.658 bits per heavy atom. The van der Waals surface area contributed by atoms with Crippen LogP contribution in [0.1, 0.15) is 93.8 Å². The van der Waals surface area contributed by atoms with Gasteiger partial charge in [-0.05, 0) is 37.1 Å². The van der Waals surface area contributed by atoms with Gasteiger partial charge in [0.1, 0.15) is 11.8 Å². The van der Waals surface area contributed by atoms with E-state index in [-0.39, 0.29) is 0 Å². The molecule has 1 aliphatic rings. The molecule has 6 aromatic rings. The molecule has 0 N–H and O–H groups in total. The van der Waals surface area contributed by atoms with Crippen molar-refractivity contribution in [3.8, 4) is 0 Å². The standard InChI is InChI=1S/C32H12BF24.C17H21N2/c34-25(35,36)13-1-14(26(37,38)39)6-21(5-13)33(22-7-15(27(40,41)42)2-16(8-22)28(43,44)45,23-9-17(29(46,47)48)3-18(10-23)30(49,50)51)24-11-19(31(52,53)54)4-20(12-24)32(55,56)57;1-3-7-15(8-4-1)13-19-12-11-18-17(14-19)16-9-5-2-6-10-16/h1-12H;1,3-4,7-8,11-12,14,16H,2,5-6,9-10,13H2/q-1;+1. The number of aromatic nitrogens is 2. The van der Waals surface area contributed by atoms with Crippen LogP contribution in [-0.2, 0) is 56.0 Å². The maximum absolute atomic E-state index is 14.2. The monoisotopic (exact) mass is 1120 g/mol. The first-order valence-corrected chi connectivity index (χ1v) is 21.9. The third kappa shape index (κ3) is 13.7. The molecule has 0 saturated heterocycles. The molecule has 7 rings (SSSR count). The Hall–Kier alpha value is -6.44. The number of alkyl halides is 24. The second-order valence-corrected chi connectivity index (χ2v) is 17.7. The summed E-state index contributed by atoms with van der Waals surface area (Å²) in [6.07, 6.45) is -41.8. The van der Waals surface area contributed by atoms with Crippen LogP contribution in [0.5, 0.6) is 0 Å². The Morgan fingerprint density at radius 1 is 0.382 bits per heavy atom. The molecule has 2 nitrogen and oxygen atoms in total. The highest BCUT2D eigenvalue weighted by molar-refractivity contribution is 7.20. The second-order valence-electron chi connectivity index (χ2n) is 17.7.